The molecule has 2 aromatic carbocycles. The van der Waals surface area contributed by atoms with E-state index in [9.17, 15) is 0 Å². The molecule has 0 heterocycles. The molecule has 0 spiro atoms. The number of benzene rings is 2. The first-order chi connectivity index (χ1) is 8.63. The summed E-state index contributed by atoms with van der Waals surface area (Å²) in [4.78, 5) is 0. The fourth-order valence-electron chi connectivity index (χ4n) is 1.52. The summed E-state index contributed by atoms with van der Waals surface area (Å²) in [6, 6.07) is 12.8. The van der Waals surface area contributed by atoms with Crippen molar-refractivity contribution < 1.29 is 0 Å². The van der Waals surface area contributed by atoms with Crippen LogP contribution in [0.1, 0.15) is 5.56 Å². The molecule has 2 rings (SSSR count). The minimum Gasteiger partial charge on any atom is -0.396 e. The molecule has 0 aliphatic heterocycles. The molecule has 90 valence electrons. The van der Waals surface area contributed by atoms with Crippen LogP contribution in [-0.4, -0.2) is 0 Å². The maximum atomic E-state index is 8.92. The first kappa shape index (κ1) is 12.7. The van der Waals surface area contributed by atoms with Crippen LogP contribution in [0.2, 0.25) is 5.02 Å². The van der Waals surface area contributed by atoms with Crippen molar-refractivity contribution in [3.63, 3.8) is 0 Å². The molecule has 5 heteroatoms. The van der Waals surface area contributed by atoms with Crippen molar-refractivity contribution in [2.24, 2.45) is 0 Å². The van der Waals surface area contributed by atoms with Crippen LogP contribution in [0.15, 0.2) is 40.9 Å². The lowest BCUT2D eigenvalue weighted by Crippen LogP contribution is -1.99. The van der Waals surface area contributed by atoms with Crippen LogP contribution in [-0.2, 0) is 0 Å². The third-order valence-corrected chi connectivity index (χ3v) is 3.85. The van der Waals surface area contributed by atoms with E-state index in [1.54, 1.807) is 18.2 Å². The quantitative estimate of drug-likeness (QED) is 0.810. The summed E-state index contributed by atoms with van der Waals surface area (Å²) in [5.41, 5.74) is 8.24. The molecule has 3 nitrogen and oxygen atoms in total. The van der Waals surface area contributed by atoms with Crippen molar-refractivity contribution in [1.29, 1.82) is 5.26 Å². The monoisotopic (exact) mass is 321 g/mol. The van der Waals surface area contributed by atoms with E-state index in [4.69, 9.17) is 22.6 Å². The summed E-state index contributed by atoms with van der Waals surface area (Å²) in [5, 5.41) is 12.7. The molecular formula is C13H9BrClN3. The molecule has 18 heavy (non-hydrogen) atoms. The van der Waals surface area contributed by atoms with Crippen LogP contribution in [0.3, 0.4) is 0 Å². The average Bonchev–Trinajstić information content (AvgIpc) is 2.37. The number of hydrogen-bond acceptors (Lipinski definition) is 3. The minimum absolute atomic E-state index is 0.423. The van der Waals surface area contributed by atoms with Crippen LogP contribution >= 0.6 is 27.5 Å². The highest BCUT2D eigenvalue weighted by Gasteiger charge is 2.08. The number of hydrogen-bond donors (Lipinski definition) is 2. The average molecular weight is 323 g/mol. The molecule has 0 saturated carbocycles. The highest BCUT2D eigenvalue weighted by molar-refractivity contribution is 9.10. The van der Waals surface area contributed by atoms with Gasteiger partial charge in [0.1, 0.15) is 6.07 Å². The topological polar surface area (TPSA) is 61.8 Å². The molecule has 0 aromatic heterocycles. The zero-order valence-electron chi connectivity index (χ0n) is 9.24. The van der Waals surface area contributed by atoms with Gasteiger partial charge in [-0.05, 0) is 40.2 Å². The zero-order valence-corrected chi connectivity index (χ0v) is 11.6. The van der Waals surface area contributed by atoms with Gasteiger partial charge in [-0.1, -0.05) is 23.7 Å². The summed E-state index contributed by atoms with van der Waals surface area (Å²) in [7, 11) is 0. The minimum atomic E-state index is 0.423. The normalized spacial score (nSPS) is 9.83. The summed E-state index contributed by atoms with van der Waals surface area (Å²) in [5.74, 6) is 0. The fourth-order valence-corrected chi connectivity index (χ4v) is 2.06. The van der Waals surface area contributed by atoms with E-state index in [-0.39, 0.29) is 0 Å². The Kier molecular flexibility index (Phi) is 3.75. The first-order valence-electron chi connectivity index (χ1n) is 5.13. The second-order valence-electron chi connectivity index (χ2n) is 3.60. The Balaban J connectivity index is 2.41. The van der Waals surface area contributed by atoms with E-state index in [2.05, 4.69) is 21.2 Å². The predicted octanol–water partition coefficient (Wildman–Crippen LogP) is 4.30. The number of halogens is 2. The Morgan fingerprint density at radius 3 is 2.56 bits per heavy atom. The molecule has 3 N–H and O–H groups in total. The zero-order chi connectivity index (χ0) is 13.1. The summed E-state index contributed by atoms with van der Waals surface area (Å²) >= 11 is 9.41. The number of nitriles is 1. The Morgan fingerprint density at radius 2 is 1.83 bits per heavy atom. The molecule has 0 aliphatic rings. The molecular weight excluding hydrogens is 314 g/mol. The molecule has 2 aromatic rings. The van der Waals surface area contributed by atoms with Crippen molar-refractivity contribution in [2.45, 2.75) is 0 Å². The van der Waals surface area contributed by atoms with Gasteiger partial charge in [0, 0.05) is 0 Å². The van der Waals surface area contributed by atoms with Gasteiger partial charge in [0.05, 0.1) is 32.1 Å². The summed E-state index contributed by atoms with van der Waals surface area (Å²) < 4.78 is 0.758. The van der Waals surface area contributed by atoms with Crippen LogP contribution < -0.4 is 11.1 Å². The Labute approximate surface area is 118 Å². The lowest BCUT2D eigenvalue weighted by Gasteiger charge is -2.12. The van der Waals surface area contributed by atoms with Crippen LogP contribution in [0.25, 0.3) is 0 Å². The Morgan fingerprint density at radius 1 is 1.17 bits per heavy atom. The standard InChI is InChI=1S/C13H9BrClN3/c14-12-9(15)4-2-5-10(12)18-11-6-1-3-8(7-16)13(11)17/h1-6,18H,17H2. The van der Waals surface area contributed by atoms with Gasteiger partial charge in [0.2, 0.25) is 0 Å². The number of para-hydroxylation sites is 1. The highest BCUT2D eigenvalue weighted by Crippen LogP contribution is 2.34. The fraction of sp³-hybridized carbons (Fsp3) is 0. The van der Waals surface area contributed by atoms with Gasteiger partial charge in [-0.3, -0.25) is 0 Å². The number of nitrogens with one attached hydrogen (secondary N) is 1. The Hall–Kier alpha value is -1.70. The van der Waals surface area contributed by atoms with Crippen LogP contribution in [0.5, 0.6) is 0 Å². The van der Waals surface area contributed by atoms with Gasteiger partial charge in [-0.25, -0.2) is 0 Å². The molecule has 0 fully saturated rings. The third-order valence-electron chi connectivity index (χ3n) is 2.45. The van der Waals surface area contributed by atoms with Gasteiger partial charge in [-0.2, -0.15) is 5.26 Å². The van der Waals surface area contributed by atoms with Gasteiger partial charge in [0.25, 0.3) is 0 Å². The van der Waals surface area contributed by atoms with Crippen LogP contribution in [0.4, 0.5) is 17.1 Å². The molecule has 0 atom stereocenters. The second kappa shape index (κ2) is 5.30. The molecule has 0 aliphatic carbocycles. The van der Waals surface area contributed by atoms with Gasteiger partial charge < -0.3 is 11.1 Å². The number of nitrogen functional groups attached to an aromatic ring is 1. The van der Waals surface area contributed by atoms with E-state index in [0.717, 1.165) is 10.2 Å². The predicted molar refractivity (Wildman–Crippen MR) is 78.0 cm³/mol. The van der Waals surface area contributed by atoms with Crippen molar-refractivity contribution in [3.05, 3.63) is 51.5 Å². The van der Waals surface area contributed by atoms with Crippen molar-refractivity contribution in [1.82, 2.24) is 0 Å². The maximum Gasteiger partial charge on any atom is 0.101 e. The molecule has 0 amide bonds. The number of anilines is 3. The van der Waals surface area contributed by atoms with E-state index in [0.29, 0.717) is 22.0 Å². The van der Waals surface area contributed by atoms with E-state index in [1.165, 1.54) is 0 Å². The lowest BCUT2D eigenvalue weighted by molar-refractivity contribution is 1.46. The molecule has 0 bridgehead atoms. The summed E-state index contributed by atoms with van der Waals surface area (Å²) in [6.45, 7) is 0. The van der Waals surface area contributed by atoms with Crippen molar-refractivity contribution in [3.8, 4) is 6.07 Å². The molecule has 0 unspecified atom stereocenters. The lowest BCUT2D eigenvalue weighted by atomic mass is 10.1. The van der Waals surface area contributed by atoms with Crippen molar-refractivity contribution in [2.75, 3.05) is 11.1 Å². The smallest absolute Gasteiger partial charge is 0.101 e. The van der Waals surface area contributed by atoms with Gasteiger partial charge >= 0.3 is 0 Å². The third kappa shape index (κ3) is 2.42. The summed E-state index contributed by atoms with van der Waals surface area (Å²) in [6.07, 6.45) is 0. The number of rotatable bonds is 2. The number of nitrogens with two attached hydrogens (primary N) is 1. The second-order valence-corrected chi connectivity index (χ2v) is 4.81. The van der Waals surface area contributed by atoms with Gasteiger partial charge in [0.15, 0.2) is 0 Å². The van der Waals surface area contributed by atoms with Crippen LogP contribution in [0, 0.1) is 11.3 Å². The Bertz CT molecular complexity index is 635. The van der Waals surface area contributed by atoms with E-state index >= 15 is 0 Å². The van der Waals surface area contributed by atoms with E-state index < -0.39 is 0 Å². The van der Waals surface area contributed by atoms with E-state index in [1.807, 2.05) is 24.3 Å². The highest BCUT2D eigenvalue weighted by atomic mass is 79.9. The SMILES string of the molecule is N#Cc1cccc(Nc2cccc(Cl)c2Br)c1N. The largest absolute Gasteiger partial charge is 0.396 e. The van der Waals surface area contributed by atoms with Gasteiger partial charge in [-0.15, -0.1) is 0 Å². The van der Waals surface area contributed by atoms with Crippen molar-refractivity contribution >= 4 is 44.6 Å². The maximum absolute atomic E-state index is 8.92. The molecule has 0 saturated heterocycles. The first-order valence-corrected chi connectivity index (χ1v) is 6.30. The number of nitrogens with zero attached hydrogens (tertiary/aromatic N) is 1. The molecule has 0 radical (unpaired) electrons.